The third-order valence-electron chi connectivity index (χ3n) is 6.65. The molecule has 2 N–H and O–H groups in total. The first-order valence-electron chi connectivity index (χ1n) is 11.1. The summed E-state index contributed by atoms with van der Waals surface area (Å²) in [4.78, 5) is 2.24. The van der Waals surface area contributed by atoms with Crippen LogP contribution in [0.15, 0.2) is 96.8 Å². The topological polar surface area (TPSA) is 43.7 Å². The van der Waals surface area contributed by atoms with E-state index >= 15 is 0 Å². The standard InChI is InChI=1S/C28H30BNO2/c1-5-6-12-25-20(2)28(3,4)27-19-24(17-18-26(25)27)30(22-10-8-7-9-11-22)23-15-13-21(14-16-23)29(31)32/h5-6,8,10-19,31-32H,1,7,9H2,2-4H3/b12-6-. The van der Waals surface area contributed by atoms with Crippen LogP contribution in [0, 0.1) is 0 Å². The van der Waals surface area contributed by atoms with Crippen molar-refractivity contribution in [2.24, 2.45) is 0 Å². The van der Waals surface area contributed by atoms with E-state index < -0.39 is 7.12 Å². The SMILES string of the molecule is C=C/C=C\C1=C(C)C(C)(C)c2cc(N(C3=CCCC=C3)c3ccc(B(O)O)cc3)ccc21. The predicted molar refractivity (Wildman–Crippen MR) is 136 cm³/mol. The molecule has 4 rings (SSSR count). The molecule has 0 saturated carbocycles. The van der Waals surface area contributed by atoms with Crippen molar-refractivity contribution in [3.8, 4) is 0 Å². The molecule has 0 spiro atoms. The van der Waals surface area contributed by atoms with Gasteiger partial charge in [-0.15, -0.1) is 0 Å². The minimum Gasteiger partial charge on any atom is -0.423 e. The van der Waals surface area contributed by atoms with Crippen molar-refractivity contribution in [2.75, 3.05) is 4.90 Å². The Bertz CT molecular complexity index is 1150. The Morgan fingerprint density at radius 1 is 1.03 bits per heavy atom. The fourth-order valence-electron chi connectivity index (χ4n) is 4.55. The molecule has 0 bridgehead atoms. The van der Waals surface area contributed by atoms with Crippen molar-refractivity contribution >= 4 is 29.5 Å². The highest BCUT2D eigenvalue weighted by Crippen LogP contribution is 2.48. The maximum atomic E-state index is 9.50. The average molecular weight is 423 g/mol. The molecular weight excluding hydrogens is 393 g/mol. The minimum absolute atomic E-state index is 0.0699. The zero-order chi connectivity index (χ0) is 22.9. The summed E-state index contributed by atoms with van der Waals surface area (Å²) in [6, 6.07) is 14.1. The lowest BCUT2D eigenvalue weighted by Gasteiger charge is -2.30. The van der Waals surface area contributed by atoms with E-state index in [9.17, 15) is 10.0 Å². The summed E-state index contributed by atoms with van der Waals surface area (Å²) in [5.74, 6) is 0. The maximum Gasteiger partial charge on any atom is 0.488 e. The molecule has 32 heavy (non-hydrogen) atoms. The molecule has 0 aromatic heterocycles. The Morgan fingerprint density at radius 2 is 1.75 bits per heavy atom. The van der Waals surface area contributed by atoms with E-state index in [0.717, 1.165) is 29.9 Å². The van der Waals surface area contributed by atoms with Crippen LogP contribution >= 0.6 is 0 Å². The molecule has 0 amide bonds. The summed E-state index contributed by atoms with van der Waals surface area (Å²) in [5.41, 5.74) is 8.81. The van der Waals surface area contributed by atoms with Gasteiger partial charge in [0.15, 0.2) is 0 Å². The second kappa shape index (κ2) is 8.81. The largest absolute Gasteiger partial charge is 0.488 e. The Balaban J connectivity index is 1.83. The quantitative estimate of drug-likeness (QED) is 0.473. The van der Waals surface area contributed by atoms with Gasteiger partial charge in [-0.3, -0.25) is 0 Å². The number of anilines is 2. The second-order valence-electron chi connectivity index (χ2n) is 8.90. The maximum absolute atomic E-state index is 9.50. The van der Waals surface area contributed by atoms with Gasteiger partial charge in [0.05, 0.1) is 0 Å². The molecule has 0 saturated heterocycles. The number of rotatable bonds is 6. The highest BCUT2D eigenvalue weighted by Gasteiger charge is 2.35. The average Bonchev–Trinajstić information content (AvgIpc) is 2.99. The number of nitrogens with zero attached hydrogens (tertiary/aromatic N) is 1. The first kappa shape index (κ1) is 22.1. The van der Waals surface area contributed by atoms with Gasteiger partial charge >= 0.3 is 7.12 Å². The lowest BCUT2D eigenvalue weighted by molar-refractivity contribution is 0.426. The lowest BCUT2D eigenvalue weighted by atomic mass is 9.80. The molecule has 0 radical (unpaired) electrons. The van der Waals surface area contributed by atoms with E-state index in [-0.39, 0.29) is 5.41 Å². The molecule has 0 aliphatic heterocycles. The van der Waals surface area contributed by atoms with E-state index in [1.807, 2.05) is 24.3 Å². The van der Waals surface area contributed by atoms with Gasteiger partial charge in [0, 0.05) is 22.5 Å². The molecule has 2 aliphatic rings. The highest BCUT2D eigenvalue weighted by atomic mass is 16.4. The molecule has 2 aromatic carbocycles. The van der Waals surface area contributed by atoms with Crippen LogP contribution < -0.4 is 10.4 Å². The van der Waals surface area contributed by atoms with Gasteiger partial charge in [-0.05, 0) is 72.3 Å². The van der Waals surface area contributed by atoms with Crippen LogP contribution in [0.4, 0.5) is 11.4 Å². The van der Waals surface area contributed by atoms with E-state index in [0.29, 0.717) is 5.46 Å². The molecule has 0 atom stereocenters. The van der Waals surface area contributed by atoms with Crippen LogP contribution in [0.2, 0.25) is 0 Å². The molecule has 2 aliphatic carbocycles. The highest BCUT2D eigenvalue weighted by molar-refractivity contribution is 6.58. The Morgan fingerprint density at radius 3 is 2.38 bits per heavy atom. The van der Waals surface area contributed by atoms with Gasteiger partial charge in [0.2, 0.25) is 0 Å². The van der Waals surface area contributed by atoms with Crippen LogP contribution in [0.3, 0.4) is 0 Å². The summed E-state index contributed by atoms with van der Waals surface area (Å²) in [7, 11) is -1.47. The minimum atomic E-state index is -1.47. The van der Waals surface area contributed by atoms with Gasteiger partial charge in [0.25, 0.3) is 0 Å². The zero-order valence-corrected chi connectivity index (χ0v) is 19.0. The monoisotopic (exact) mass is 423 g/mol. The molecule has 162 valence electrons. The van der Waals surface area contributed by atoms with Crippen molar-refractivity contribution in [1.29, 1.82) is 0 Å². The van der Waals surface area contributed by atoms with Crippen LogP contribution in [-0.2, 0) is 5.41 Å². The van der Waals surface area contributed by atoms with Crippen LogP contribution in [-0.4, -0.2) is 17.2 Å². The third kappa shape index (κ3) is 3.92. The van der Waals surface area contributed by atoms with Crippen molar-refractivity contribution in [1.82, 2.24) is 0 Å². The van der Waals surface area contributed by atoms with Crippen LogP contribution in [0.1, 0.15) is 44.7 Å². The Labute approximate surface area is 191 Å². The van der Waals surface area contributed by atoms with Gasteiger partial charge in [0.1, 0.15) is 0 Å². The number of fused-ring (bicyclic) bond motifs is 1. The third-order valence-corrected chi connectivity index (χ3v) is 6.65. The fraction of sp³-hybridized carbons (Fsp3) is 0.214. The van der Waals surface area contributed by atoms with Gasteiger partial charge in [-0.1, -0.05) is 74.6 Å². The number of benzene rings is 2. The molecular formula is C28H30BNO2. The van der Waals surface area contributed by atoms with E-state index in [4.69, 9.17) is 0 Å². The Hall–Kier alpha value is -3.08. The Kier molecular flexibility index (Phi) is 6.10. The smallest absolute Gasteiger partial charge is 0.423 e. The molecule has 2 aromatic rings. The molecule has 0 fully saturated rings. The summed E-state index contributed by atoms with van der Waals surface area (Å²) >= 11 is 0. The zero-order valence-electron chi connectivity index (χ0n) is 19.0. The van der Waals surface area contributed by atoms with Crippen LogP contribution in [0.25, 0.3) is 5.57 Å². The van der Waals surface area contributed by atoms with Gasteiger partial charge in [-0.25, -0.2) is 0 Å². The van der Waals surface area contributed by atoms with Gasteiger partial charge < -0.3 is 14.9 Å². The van der Waals surface area contributed by atoms with Crippen molar-refractivity contribution in [3.63, 3.8) is 0 Å². The summed E-state index contributed by atoms with van der Waals surface area (Å²) in [6.45, 7) is 10.6. The number of hydrogen-bond donors (Lipinski definition) is 2. The van der Waals surface area contributed by atoms with Gasteiger partial charge in [-0.2, -0.15) is 0 Å². The second-order valence-corrected chi connectivity index (χ2v) is 8.90. The van der Waals surface area contributed by atoms with Crippen molar-refractivity contribution in [3.05, 3.63) is 108 Å². The van der Waals surface area contributed by atoms with Crippen LogP contribution in [0.5, 0.6) is 0 Å². The number of hydrogen-bond acceptors (Lipinski definition) is 3. The fourth-order valence-corrected chi connectivity index (χ4v) is 4.55. The summed E-state index contributed by atoms with van der Waals surface area (Å²) < 4.78 is 0. The lowest BCUT2D eigenvalue weighted by Crippen LogP contribution is -2.29. The molecule has 3 nitrogen and oxygen atoms in total. The first-order valence-corrected chi connectivity index (χ1v) is 11.1. The van der Waals surface area contributed by atoms with Crippen molar-refractivity contribution in [2.45, 2.75) is 39.0 Å². The summed E-state index contributed by atoms with van der Waals surface area (Å²) in [6.07, 6.45) is 14.6. The predicted octanol–water partition coefficient (Wildman–Crippen LogP) is 5.55. The molecule has 4 heteroatoms. The normalized spacial score (nSPS) is 16.8. The first-order chi connectivity index (χ1) is 15.3. The van der Waals surface area contributed by atoms with Crippen molar-refractivity contribution < 1.29 is 10.0 Å². The molecule has 0 heterocycles. The number of allylic oxidation sites excluding steroid dienone is 8. The van der Waals surface area contributed by atoms with E-state index in [1.54, 1.807) is 12.1 Å². The van der Waals surface area contributed by atoms with E-state index in [2.05, 4.69) is 74.8 Å². The van der Waals surface area contributed by atoms with E-state index in [1.165, 1.54) is 22.3 Å². The summed E-state index contributed by atoms with van der Waals surface area (Å²) in [5, 5.41) is 19.0. The molecule has 0 unspecified atom stereocenters.